The number of nitrogens with zero attached hydrogens (tertiary/aromatic N) is 2. The lowest BCUT2D eigenvalue weighted by Crippen LogP contribution is -2.29. The van der Waals surface area contributed by atoms with Crippen molar-refractivity contribution in [1.82, 2.24) is 4.90 Å². The SMILES string of the molecule is CN(C)CCOC(C)(O)c1cccc2cccc([N+](=O)[O-])c12.O=C(O)C(=O)O. The lowest BCUT2D eigenvalue weighted by atomic mass is 9.97. The predicted molar refractivity (Wildman–Crippen MR) is 100.0 cm³/mol. The molecule has 0 aromatic heterocycles. The number of non-ortho nitro benzene ring substituents is 1. The van der Waals surface area contributed by atoms with Crippen LogP contribution >= 0.6 is 0 Å². The van der Waals surface area contributed by atoms with E-state index in [2.05, 4.69) is 0 Å². The van der Waals surface area contributed by atoms with E-state index in [9.17, 15) is 15.2 Å². The highest BCUT2D eigenvalue weighted by atomic mass is 16.6. The average molecular weight is 394 g/mol. The first kappa shape index (κ1) is 23.0. The van der Waals surface area contributed by atoms with E-state index in [1.807, 2.05) is 19.0 Å². The van der Waals surface area contributed by atoms with E-state index in [0.29, 0.717) is 29.5 Å². The van der Waals surface area contributed by atoms with Gasteiger partial charge in [-0.15, -0.1) is 0 Å². The fraction of sp³-hybridized carbons (Fsp3) is 0.333. The van der Waals surface area contributed by atoms with Gasteiger partial charge >= 0.3 is 11.9 Å². The molecule has 3 N–H and O–H groups in total. The molecule has 2 rings (SSSR count). The largest absolute Gasteiger partial charge is 0.473 e. The van der Waals surface area contributed by atoms with Crippen LogP contribution in [0.2, 0.25) is 0 Å². The van der Waals surface area contributed by atoms with Crippen LogP contribution in [0.15, 0.2) is 36.4 Å². The van der Waals surface area contributed by atoms with Crippen molar-refractivity contribution in [3.8, 4) is 0 Å². The number of ether oxygens (including phenoxy) is 1. The second kappa shape index (κ2) is 9.74. The Labute approximate surface area is 160 Å². The standard InChI is InChI=1S/C16H20N2O4.C2H2O4/c1-16(19,22-11-10-17(2)3)13-8-4-6-12-7-5-9-14(15(12)13)18(20)21;3-1(4)2(5)6/h4-9,19H,10-11H2,1-3H3;(H,3,4)(H,5,6). The van der Waals surface area contributed by atoms with E-state index < -0.39 is 22.6 Å². The van der Waals surface area contributed by atoms with Crippen LogP contribution in [-0.2, 0) is 20.1 Å². The molecule has 152 valence electrons. The Balaban J connectivity index is 0.000000568. The van der Waals surface area contributed by atoms with Crippen LogP contribution in [-0.4, -0.2) is 64.3 Å². The molecule has 0 spiro atoms. The Kier molecular flexibility index (Phi) is 7.99. The third-order valence-corrected chi connectivity index (χ3v) is 3.68. The summed E-state index contributed by atoms with van der Waals surface area (Å²) in [6, 6.07) is 10.0. The van der Waals surface area contributed by atoms with Gasteiger partial charge in [-0.2, -0.15) is 0 Å². The lowest BCUT2D eigenvalue weighted by molar-refractivity contribution is -0.383. The van der Waals surface area contributed by atoms with Crippen LogP contribution in [0.4, 0.5) is 5.69 Å². The maximum absolute atomic E-state index is 11.3. The van der Waals surface area contributed by atoms with Gasteiger partial charge in [-0.25, -0.2) is 9.59 Å². The van der Waals surface area contributed by atoms with Gasteiger partial charge in [0.15, 0.2) is 5.79 Å². The summed E-state index contributed by atoms with van der Waals surface area (Å²) in [4.78, 5) is 31.0. The van der Waals surface area contributed by atoms with Gasteiger partial charge < -0.3 is 25.0 Å². The number of hydrogen-bond acceptors (Lipinski definition) is 7. The molecule has 2 aromatic carbocycles. The summed E-state index contributed by atoms with van der Waals surface area (Å²) in [6.45, 7) is 2.47. The molecule has 0 aliphatic heterocycles. The Bertz CT molecular complexity index is 847. The summed E-state index contributed by atoms with van der Waals surface area (Å²) in [5.74, 6) is -5.24. The molecule has 0 saturated heterocycles. The maximum atomic E-state index is 11.3. The Hall–Kier alpha value is -3.08. The van der Waals surface area contributed by atoms with Gasteiger partial charge in [0.2, 0.25) is 0 Å². The number of likely N-dealkylation sites (N-methyl/N-ethyl adjacent to an activating group) is 1. The molecule has 2 aromatic rings. The summed E-state index contributed by atoms with van der Waals surface area (Å²) in [6.07, 6.45) is 0. The molecule has 10 heteroatoms. The second-order valence-electron chi connectivity index (χ2n) is 6.18. The molecule has 1 unspecified atom stereocenters. The van der Waals surface area contributed by atoms with Gasteiger partial charge in [0.1, 0.15) is 0 Å². The van der Waals surface area contributed by atoms with E-state index in [4.69, 9.17) is 24.5 Å². The molecule has 1 atom stereocenters. The number of nitro groups is 1. The molecular formula is C18H22N2O8. The third-order valence-electron chi connectivity index (χ3n) is 3.68. The van der Waals surface area contributed by atoms with Crippen LogP contribution < -0.4 is 0 Å². The average Bonchev–Trinajstić information content (AvgIpc) is 2.60. The van der Waals surface area contributed by atoms with Crippen LogP contribution in [0.5, 0.6) is 0 Å². The van der Waals surface area contributed by atoms with Crippen molar-refractivity contribution in [1.29, 1.82) is 0 Å². The number of carboxylic acids is 2. The monoisotopic (exact) mass is 394 g/mol. The molecular weight excluding hydrogens is 372 g/mol. The molecule has 0 heterocycles. The number of aliphatic hydroxyl groups is 1. The second-order valence-corrected chi connectivity index (χ2v) is 6.18. The van der Waals surface area contributed by atoms with E-state index >= 15 is 0 Å². The molecule has 0 aliphatic rings. The number of carbonyl (C=O) groups is 2. The van der Waals surface area contributed by atoms with Crippen molar-refractivity contribution in [2.24, 2.45) is 0 Å². The first-order valence-electron chi connectivity index (χ1n) is 8.11. The first-order valence-corrected chi connectivity index (χ1v) is 8.11. The number of fused-ring (bicyclic) bond motifs is 1. The molecule has 0 saturated carbocycles. The van der Waals surface area contributed by atoms with Crippen LogP contribution in [0.25, 0.3) is 10.8 Å². The van der Waals surface area contributed by atoms with Crippen LogP contribution in [0.1, 0.15) is 12.5 Å². The number of rotatable bonds is 6. The van der Waals surface area contributed by atoms with E-state index in [0.717, 1.165) is 0 Å². The van der Waals surface area contributed by atoms with Gasteiger partial charge in [-0.1, -0.05) is 30.3 Å². The van der Waals surface area contributed by atoms with Gasteiger partial charge in [-0.05, 0) is 26.4 Å². The molecule has 10 nitrogen and oxygen atoms in total. The van der Waals surface area contributed by atoms with Crippen molar-refractivity contribution >= 4 is 28.4 Å². The summed E-state index contributed by atoms with van der Waals surface area (Å²) in [5.41, 5.74) is 0.362. The summed E-state index contributed by atoms with van der Waals surface area (Å²) >= 11 is 0. The van der Waals surface area contributed by atoms with E-state index in [1.165, 1.54) is 13.0 Å². The highest BCUT2D eigenvalue weighted by Crippen LogP contribution is 2.35. The van der Waals surface area contributed by atoms with Crippen LogP contribution in [0.3, 0.4) is 0 Å². The summed E-state index contributed by atoms with van der Waals surface area (Å²) in [5, 5.41) is 37.8. The molecule has 0 fully saturated rings. The van der Waals surface area contributed by atoms with Crippen molar-refractivity contribution in [2.45, 2.75) is 12.7 Å². The fourth-order valence-corrected chi connectivity index (χ4v) is 2.36. The zero-order valence-corrected chi connectivity index (χ0v) is 15.7. The number of carboxylic acid groups (broad SMARTS) is 2. The summed E-state index contributed by atoms with van der Waals surface area (Å²) in [7, 11) is 3.81. The van der Waals surface area contributed by atoms with E-state index in [-0.39, 0.29) is 5.69 Å². The molecule has 0 amide bonds. The highest BCUT2D eigenvalue weighted by Gasteiger charge is 2.29. The first-order chi connectivity index (χ1) is 13.0. The minimum absolute atomic E-state index is 0.0374. The Morgan fingerprint density at radius 1 is 1.14 bits per heavy atom. The molecule has 0 aliphatic carbocycles. The molecule has 0 bridgehead atoms. The van der Waals surface area contributed by atoms with E-state index in [1.54, 1.807) is 30.3 Å². The van der Waals surface area contributed by atoms with Crippen molar-refractivity contribution in [2.75, 3.05) is 27.2 Å². The van der Waals surface area contributed by atoms with Gasteiger partial charge in [0, 0.05) is 18.2 Å². The van der Waals surface area contributed by atoms with Gasteiger partial charge in [0.05, 0.1) is 16.9 Å². The van der Waals surface area contributed by atoms with Crippen molar-refractivity contribution < 1.29 is 34.6 Å². The smallest absolute Gasteiger partial charge is 0.414 e. The molecule has 0 radical (unpaired) electrons. The van der Waals surface area contributed by atoms with Gasteiger partial charge in [-0.3, -0.25) is 10.1 Å². The van der Waals surface area contributed by atoms with Crippen molar-refractivity contribution in [3.05, 3.63) is 52.1 Å². The Morgan fingerprint density at radius 3 is 2.14 bits per heavy atom. The minimum atomic E-state index is -1.82. The number of aliphatic carboxylic acids is 2. The van der Waals surface area contributed by atoms with Crippen molar-refractivity contribution in [3.63, 3.8) is 0 Å². The zero-order chi connectivity index (χ0) is 21.5. The number of nitro benzene ring substituents is 1. The minimum Gasteiger partial charge on any atom is -0.473 e. The normalized spacial score (nSPS) is 12.8. The zero-order valence-electron chi connectivity index (χ0n) is 15.7. The highest BCUT2D eigenvalue weighted by molar-refractivity contribution is 6.27. The van der Waals surface area contributed by atoms with Crippen LogP contribution in [0, 0.1) is 10.1 Å². The lowest BCUT2D eigenvalue weighted by Gasteiger charge is -2.26. The quantitative estimate of drug-likeness (QED) is 0.287. The predicted octanol–water partition coefficient (Wildman–Crippen LogP) is 1.65. The summed E-state index contributed by atoms with van der Waals surface area (Å²) < 4.78 is 5.56. The fourth-order valence-electron chi connectivity index (χ4n) is 2.36. The number of benzene rings is 2. The number of hydrogen-bond donors (Lipinski definition) is 3. The molecule has 28 heavy (non-hydrogen) atoms. The Morgan fingerprint density at radius 2 is 1.68 bits per heavy atom. The van der Waals surface area contributed by atoms with Gasteiger partial charge in [0.25, 0.3) is 5.69 Å². The maximum Gasteiger partial charge on any atom is 0.414 e. The third kappa shape index (κ3) is 6.27. The topological polar surface area (TPSA) is 150 Å².